The van der Waals surface area contributed by atoms with Gasteiger partial charge in [0, 0.05) is 30.9 Å². The lowest BCUT2D eigenvalue weighted by Crippen LogP contribution is -2.53. The first-order valence-electron chi connectivity index (χ1n) is 13.1. The number of hydrogen-bond donors (Lipinski definition) is 5. The van der Waals surface area contributed by atoms with Gasteiger partial charge in [-0.2, -0.15) is 0 Å². The monoisotopic (exact) mass is 602 g/mol. The highest BCUT2D eigenvalue weighted by atomic mass is 32.2. The number of guanidine groups is 1. The zero-order valence-electron chi connectivity index (χ0n) is 23.0. The van der Waals surface area contributed by atoms with Crippen LogP contribution in [0.5, 0.6) is 0 Å². The molecular formula is C26H34N8O7S. The van der Waals surface area contributed by atoms with E-state index in [2.05, 4.69) is 20.3 Å². The van der Waals surface area contributed by atoms with Crippen LogP contribution in [0, 0.1) is 17.0 Å². The van der Waals surface area contributed by atoms with E-state index in [1.165, 1.54) is 41.3 Å². The molecule has 0 aliphatic carbocycles. The first-order chi connectivity index (χ1) is 19.9. The molecule has 2 aromatic carbocycles. The van der Waals surface area contributed by atoms with Crippen molar-refractivity contribution in [1.82, 2.24) is 14.9 Å². The molecule has 0 saturated carbocycles. The topological polar surface area (TPSA) is 232 Å². The van der Waals surface area contributed by atoms with Crippen LogP contribution in [-0.4, -0.2) is 73.6 Å². The Morgan fingerprint density at radius 1 is 1.12 bits per heavy atom. The minimum absolute atomic E-state index is 0.0132. The van der Waals surface area contributed by atoms with Gasteiger partial charge in [-0.1, -0.05) is 17.7 Å². The molecular weight excluding hydrogens is 568 g/mol. The van der Waals surface area contributed by atoms with Crippen LogP contribution in [-0.2, 0) is 24.4 Å². The van der Waals surface area contributed by atoms with E-state index >= 15 is 0 Å². The lowest BCUT2D eigenvalue weighted by molar-refractivity contribution is -0.384. The van der Waals surface area contributed by atoms with E-state index in [9.17, 15) is 32.9 Å². The van der Waals surface area contributed by atoms with Gasteiger partial charge >= 0.3 is 0 Å². The van der Waals surface area contributed by atoms with Gasteiger partial charge in [-0.25, -0.2) is 13.1 Å². The van der Waals surface area contributed by atoms with E-state index in [1.54, 1.807) is 12.1 Å². The Balaban J connectivity index is 1.66. The molecule has 3 rings (SSSR count). The Morgan fingerprint density at radius 2 is 1.79 bits per heavy atom. The van der Waals surface area contributed by atoms with Gasteiger partial charge in [-0.05, 0) is 56.9 Å². The van der Waals surface area contributed by atoms with Gasteiger partial charge in [-0.15, -0.1) is 0 Å². The summed E-state index contributed by atoms with van der Waals surface area (Å²) in [6, 6.07) is 9.40. The molecule has 0 bridgehead atoms. The summed E-state index contributed by atoms with van der Waals surface area (Å²) >= 11 is 0. The first-order valence-corrected chi connectivity index (χ1v) is 14.6. The summed E-state index contributed by atoms with van der Waals surface area (Å²) in [5.74, 6) is -1.86. The lowest BCUT2D eigenvalue weighted by atomic mass is 10.1. The number of nitro groups is 1. The fraction of sp³-hybridized carbons (Fsp3) is 0.385. The Bertz CT molecular complexity index is 1430. The predicted molar refractivity (Wildman–Crippen MR) is 155 cm³/mol. The van der Waals surface area contributed by atoms with E-state index in [0.717, 1.165) is 5.56 Å². The number of sulfonamides is 1. The molecule has 2 unspecified atom stereocenters. The van der Waals surface area contributed by atoms with Crippen LogP contribution in [0.3, 0.4) is 0 Å². The summed E-state index contributed by atoms with van der Waals surface area (Å²) in [5, 5.41) is 16.2. The third-order valence-corrected chi connectivity index (χ3v) is 7.96. The van der Waals surface area contributed by atoms with E-state index < -0.39 is 51.3 Å². The molecule has 7 N–H and O–H groups in total. The van der Waals surface area contributed by atoms with Crippen molar-refractivity contribution < 1.29 is 27.7 Å². The van der Waals surface area contributed by atoms with Crippen molar-refractivity contribution >= 4 is 45.1 Å². The average Bonchev–Trinajstić information content (AvgIpc) is 3.44. The van der Waals surface area contributed by atoms with Crippen LogP contribution in [0.2, 0.25) is 0 Å². The minimum atomic E-state index is -3.94. The highest BCUT2D eigenvalue weighted by Crippen LogP contribution is 2.20. The summed E-state index contributed by atoms with van der Waals surface area (Å²) in [4.78, 5) is 54.8. The van der Waals surface area contributed by atoms with E-state index in [-0.39, 0.29) is 41.7 Å². The van der Waals surface area contributed by atoms with Crippen LogP contribution in [0.15, 0.2) is 58.4 Å². The van der Waals surface area contributed by atoms with Gasteiger partial charge in [0.25, 0.3) is 5.69 Å². The number of non-ortho nitro benzene ring substituents is 1. The lowest BCUT2D eigenvalue weighted by Gasteiger charge is -2.26. The normalized spacial score (nSPS) is 15.5. The number of aryl methyl sites for hydroxylation is 1. The number of nitro benzene ring substituents is 1. The molecule has 0 radical (unpaired) electrons. The number of aliphatic imine (C=N–C) groups is 1. The SMILES string of the molecule is Cc1ccc(S(=O)(=O)NCC(=O)N2CCCC2C(=O)NC(CCCN=C(N)N)C(=O)Nc2ccc([N+](=O)[O-])cc2)cc1. The van der Waals surface area contributed by atoms with Gasteiger partial charge in [0.05, 0.1) is 16.4 Å². The standard InChI is InChI=1S/C26H34N8O7S/c1-17-6-12-20(13-7-17)42(40,41)30-16-23(35)33-15-3-5-22(33)25(37)32-21(4-2-14-29-26(27)28)24(36)31-18-8-10-19(11-9-18)34(38)39/h6-13,21-22,30H,2-5,14-16H2,1H3,(H,31,36)(H,32,37)(H4,27,28,29). The summed E-state index contributed by atoms with van der Waals surface area (Å²) in [7, 11) is -3.94. The fourth-order valence-electron chi connectivity index (χ4n) is 4.33. The van der Waals surface area contributed by atoms with Crippen LogP contribution < -0.4 is 26.8 Å². The number of nitrogens with one attached hydrogen (secondary N) is 3. The quantitative estimate of drug-likeness (QED) is 0.0698. The number of benzene rings is 2. The maximum atomic E-state index is 13.3. The van der Waals surface area contributed by atoms with E-state index in [0.29, 0.717) is 19.3 Å². The Kier molecular flexibility index (Phi) is 10.9. The molecule has 2 atom stereocenters. The highest BCUT2D eigenvalue weighted by Gasteiger charge is 2.36. The summed E-state index contributed by atoms with van der Waals surface area (Å²) in [5.41, 5.74) is 11.7. The second-order valence-electron chi connectivity index (χ2n) is 9.69. The second kappa shape index (κ2) is 14.4. The number of nitrogens with zero attached hydrogens (tertiary/aromatic N) is 3. The van der Waals surface area contributed by atoms with Crippen molar-refractivity contribution in [2.75, 3.05) is 25.0 Å². The Morgan fingerprint density at radius 3 is 2.40 bits per heavy atom. The number of nitrogens with two attached hydrogens (primary N) is 2. The smallest absolute Gasteiger partial charge is 0.269 e. The molecule has 1 saturated heterocycles. The highest BCUT2D eigenvalue weighted by molar-refractivity contribution is 7.89. The molecule has 42 heavy (non-hydrogen) atoms. The minimum Gasteiger partial charge on any atom is -0.370 e. The molecule has 16 heteroatoms. The molecule has 15 nitrogen and oxygen atoms in total. The third-order valence-electron chi connectivity index (χ3n) is 6.54. The van der Waals surface area contributed by atoms with E-state index in [4.69, 9.17) is 11.5 Å². The number of hydrogen-bond acceptors (Lipinski definition) is 8. The molecule has 1 aliphatic rings. The predicted octanol–water partition coefficient (Wildman–Crippen LogP) is 0.350. The fourth-order valence-corrected chi connectivity index (χ4v) is 5.31. The van der Waals surface area contributed by atoms with Gasteiger partial charge in [0.2, 0.25) is 27.7 Å². The third kappa shape index (κ3) is 8.97. The first kappa shape index (κ1) is 32.0. The molecule has 1 fully saturated rings. The van der Waals surface area contributed by atoms with Crippen molar-refractivity contribution in [3.8, 4) is 0 Å². The Labute approximate surface area is 242 Å². The van der Waals surface area contributed by atoms with Crippen LogP contribution >= 0.6 is 0 Å². The van der Waals surface area contributed by atoms with Crippen molar-refractivity contribution in [3.05, 3.63) is 64.2 Å². The second-order valence-corrected chi connectivity index (χ2v) is 11.5. The van der Waals surface area contributed by atoms with Crippen molar-refractivity contribution in [2.45, 2.75) is 49.6 Å². The summed E-state index contributed by atoms with van der Waals surface area (Å²) in [6.07, 6.45) is 1.33. The maximum Gasteiger partial charge on any atom is 0.269 e. The molecule has 1 aliphatic heterocycles. The van der Waals surface area contributed by atoms with Crippen LogP contribution in [0.1, 0.15) is 31.2 Å². The van der Waals surface area contributed by atoms with Gasteiger partial charge in [0.1, 0.15) is 12.1 Å². The van der Waals surface area contributed by atoms with Gasteiger partial charge in [-0.3, -0.25) is 29.5 Å². The average molecular weight is 603 g/mol. The van der Waals surface area contributed by atoms with Gasteiger partial charge in [0.15, 0.2) is 5.96 Å². The molecule has 226 valence electrons. The Hall–Kier alpha value is -4.57. The molecule has 3 amide bonds. The van der Waals surface area contributed by atoms with Crippen molar-refractivity contribution in [1.29, 1.82) is 0 Å². The largest absolute Gasteiger partial charge is 0.370 e. The summed E-state index contributed by atoms with van der Waals surface area (Å²) < 4.78 is 27.5. The summed E-state index contributed by atoms with van der Waals surface area (Å²) in [6.45, 7) is 1.73. The van der Waals surface area contributed by atoms with Crippen molar-refractivity contribution in [3.63, 3.8) is 0 Å². The number of rotatable bonds is 13. The number of anilines is 1. The molecule has 0 aromatic heterocycles. The zero-order valence-corrected chi connectivity index (χ0v) is 23.8. The number of amides is 3. The number of likely N-dealkylation sites (tertiary alicyclic amines) is 1. The van der Waals surface area contributed by atoms with Crippen LogP contribution in [0.25, 0.3) is 0 Å². The van der Waals surface area contributed by atoms with Crippen molar-refractivity contribution in [2.24, 2.45) is 16.5 Å². The molecule has 2 aromatic rings. The number of carbonyl (C=O) groups is 3. The van der Waals surface area contributed by atoms with Gasteiger partial charge < -0.3 is 27.0 Å². The molecule has 0 spiro atoms. The number of carbonyl (C=O) groups excluding carboxylic acids is 3. The zero-order chi connectivity index (χ0) is 30.9. The maximum absolute atomic E-state index is 13.3. The molecule has 1 heterocycles. The van der Waals surface area contributed by atoms with E-state index in [1.807, 2.05) is 6.92 Å². The van der Waals surface area contributed by atoms with Crippen LogP contribution in [0.4, 0.5) is 11.4 Å².